The molecule has 0 radical (unpaired) electrons. The fourth-order valence-electron chi connectivity index (χ4n) is 3.42. The van der Waals surface area contributed by atoms with Gasteiger partial charge in [0.05, 0.1) is 25.9 Å². The van der Waals surface area contributed by atoms with E-state index in [0.29, 0.717) is 12.5 Å². The third-order valence-electron chi connectivity index (χ3n) is 4.94. The number of guanidine groups is 1. The molecular formula is C22H38N4O2. The molecule has 28 heavy (non-hydrogen) atoms. The van der Waals surface area contributed by atoms with E-state index in [9.17, 15) is 0 Å². The summed E-state index contributed by atoms with van der Waals surface area (Å²) < 4.78 is 11.3. The van der Waals surface area contributed by atoms with Gasteiger partial charge in [0.2, 0.25) is 0 Å². The van der Waals surface area contributed by atoms with Crippen LogP contribution < -0.4 is 15.5 Å². The van der Waals surface area contributed by atoms with Crippen LogP contribution in [0.4, 0.5) is 5.69 Å². The van der Waals surface area contributed by atoms with E-state index in [-0.39, 0.29) is 6.10 Å². The summed E-state index contributed by atoms with van der Waals surface area (Å²) in [7, 11) is 0. The predicted octanol–water partition coefficient (Wildman–Crippen LogP) is 3.03. The molecule has 1 aliphatic heterocycles. The van der Waals surface area contributed by atoms with Gasteiger partial charge >= 0.3 is 0 Å². The van der Waals surface area contributed by atoms with Gasteiger partial charge in [-0.2, -0.15) is 0 Å². The molecule has 1 heterocycles. The fourth-order valence-corrected chi connectivity index (χ4v) is 3.42. The molecule has 6 nitrogen and oxygen atoms in total. The summed E-state index contributed by atoms with van der Waals surface area (Å²) in [6.07, 6.45) is 1.25. The topological polar surface area (TPSA) is 58.1 Å². The van der Waals surface area contributed by atoms with E-state index in [1.54, 1.807) is 0 Å². The first-order chi connectivity index (χ1) is 13.7. The number of nitrogens with zero attached hydrogens (tertiary/aromatic N) is 2. The molecule has 1 atom stereocenters. The van der Waals surface area contributed by atoms with Crippen molar-refractivity contribution in [3.8, 4) is 0 Å². The number of ether oxygens (including phenoxy) is 2. The van der Waals surface area contributed by atoms with Crippen LogP contribution in [0.3, 0.4) is 0 Å². The van der Waals surface area contributed by atoms with Crippen molar-refractivity contribution < 1.29 is 9.47 Å². The molecule has 0 amide bonds. The average molecular weight is 391 g/mol. The predicted molar refractivity (Wildman–Crippen MR) is 117 cm³/mol. The molecular weight excluding hydrogens is 352 g/mol. The number of rotatable bonds is 10. The van der Waals surface area contributed by atoms with E-state index >= 15 is 0 Å². The van der Waals surface area contributed by atoms with E-state index in [2.05, 4.69) is 67.5 Å². The molecule has 0 saturated carbocycles. The summed E-state index contributed by atoms with van der Waals surface area (Å²) >= 11 is 0. The number of aliphatic imine (C=N–C) groups is 1. The Morgan fingerprint density at radius 2 is 1.93 bits per heavy atom. The Morgan fingerprint density at radius 3 is 2.61 bits per heavy atom. The SMILES string of the molecule is CCNC(=NCc1ccccc1N1CCOCC1)NCCC(OCC)C(C)C. The van der Waals surface area contributed by atoms with Crippen LogP contribution >= 0.6 is 0 Å². The second-order valence-electron chi connectivity index (χ2n) is 7.38. The van der Waals surface area contributed by atoms with Crippen LogP contribution in [0.1, 0.15) is 39.7 Å². The minimum absolute atomic E-state index is 0.280. The molecule has 0 aromatic heterocycles. The van der Waals surface area contributed by atoms with Crippen LogP contribution in [0.2, 0.25) is 0 Å². The Hall–Kier alpha value is -1.79. The molecule has 1 aliphatic rings. The molecule has 158 valence electrons. The largest absolute Gasteiger partial charge is 0.378 e. The Morgan fingerprint density at radius 1 is 1.18 bits per heavy atom. The highest BCUT2D eigenvalue weighted by atomic mass is 16.5. The van der Waals surface area contributed by atoms with Crippen molar-refractivity contribution in [2.45, 2.75) is 46.8 Å². The maximum absolute atomic E-state index is 5.84. The first-order valence-corrected chi connectivity index (χ1v) is 10.7. The van der Waals surface area contributed by atoms with Gasteiger partial charge in [-0.3, -0.25) is 0 Å². The highest BCUT2D eigenvalue weighted by Crippen LogP contribution is 2.22. The normalized spacial score (nSPS) is 16.3. The molecule has 6 heteroatoms. The Labute approximate surface area is 170 Å². The van der Waals surface area contributed by atoms with Crippen molar-refractivity contribution in [2.24, 2.45) is 10.9 Å². The summed E-state index contributed by atoms with van der Waals surface area (Å²) in [4.78, 5) is 7.22. The van der Waals surface area contributed by atoms with Crippen LogP contribution in [-0.2, 0) is 16.0 Å². The molecule has 1 fully saturated rings. The van der Waals surface area contributed by atoms with Crippen LogP contribution in [-0.4, -0.2) is 58.1 Å². The molecule has 1 unspecified atom stereocenters. The van der Waals surface area contributed by atoms with Crippen molar-refractivity contribution in [1.29, 1.82) is 0 Å². The Kier molecular flexibility index (Phi) is 10.1. The second-order valence-corrected chi connectivity index (χ2v) is 7.38. The maximum Gasteiger partial charge on any atom is 0.191 e. The van der Waals surface area contributed by atoms with E-state index in [1.807, 2.05) is 0 Å². The highest BCUT2D eigenvalue weighted by molar-refractivity contribution is 5.79. The zero-order valence-electron chi connectivity index (χ0n) is 18.0. The lowest BCUT2D eigenvalue weighted by Gasteiger charge is -2.30. The quantitative estimate of drug-likeness (QED) is 0.475. The van der Waals surface area contributed by atoms with E-state index in [1.165, 1.54) is 11.3 Å². The lowest BCUT2D eigenvalue weighted by Crippen LogP contribution is -2.39. The number of para-hydroxylation sites is 1. The van der Waals surface area contributed by atoms with Gasteiger partial charge in [0.15, 0.2) is 5.96 Å². The molecule has 1 saturated heterocycles. The van der Waals surface area contributed by atoms with Crippen LogP contribution in [0.5, 0.6) is 0 Å². The molecule has 0 aliphatic carbocycles. The zero-order chi connectivity index (χ0) is 20.2. The smallest absolute Gasteiger partial charge is 0.191 e. The van der Waals surface area contributed by atoms with Gasteiger partial charge in [-0.25, -0.2) is 4.99 Å². The maximum atomic E-state index is 5.84. The Balaban J connectivity index is 1.96. The van der Waals surface area contributed by atoms with Crippen molar-refractivity contribution >= 4 is 11.6 Å². The fraction of sp³-hybridized carbons (Fsp3) is 0.682. The monoisotopic (exact) mass is 390 g/mol. The third-order valence-corrected chi connectivity index (χ3v) is 4.94. The average Bonchev–Trinajstić information content (AvgIpc) is 2.72. The van der Waals surface area contributed by atoms with Crippen molar-refractivity contribution in [1.82, 2.24) is 10.6 Å². The van der Waals surface area contributed by atoms with E-state index in [0.717, 1.165) is 58.4 Å². The van der Waals surface area contributed by atoms with Gasteiger partial charge in [0, 0.05) is 38.5 Å². The lowest BCUT2D eigenvalue weighted by molar-refractivity contribution is 0.0258. The summed E-state index contributed by atoms with van der Waals surface area (Å²) in [6, 6.07) is 8.54. The molecule has 2 N–H and O–H groups in total. The van der Waals surface area contributed by atoms with E-state index in [4.69, 9.17) is 14.5 Å². The third kappa shape index (κ3) is 7.32. The lowest BCUT2D eigenvalue weighted by atomic mass is 10.0. The summed E-state index contributed by atoms with van der Waals surface area (Å²) in [5.41, 5.74) is 2.51. The number of hydrogen-bond acceptors (Lipinski definition) is 4. The highest BCUT2D eigenvalue weighted by Gasteiger charge is 2.15. The zero-order valence-corrected chi connectivity index (χ0v) is 18.0. The molecule has 0 spiro atoms. The van der Waals surface area contributed by atoms with Crippen LogP contribution in [0.25, 0.3) is 0 Å². The van der Waals surface area contributed by atoms with Crippen LogP contribution in [0.15, 0.2) is 29.3 Å². The summed E-state index contributed by atoms with van der Waals surface area (Å²) in [5, 5.41) is 6.81. The van der Waals surface area contributed by atoms with Gasteiger partial charge in [-0.1, -0.05) is 32.0 Å². The van der Waals surface area contributed by atoms with Gasteiger partial charge < -0.3 is 25.0 Å². The summed E-state index contributed by atoms with van der Waals surface area (Å²) in [5.74, 6) is 1.37. The van der Waals surface area contributed by atoms with Crippen LogP contribution in [0, 0.1) is 5.92 Å². The van der Waals surface area contributed by atoms with Crippen molar-refractivity contribution in [2.75, 3.05) is 50.9 Å². The van der Waals surface area contributed by atoms with Gasteiger partial charge in [0.25, 0.3) is 0 Å². The minimum Gasteiger partial charge on any atom is -0.378 e. The molecule has 2 rings (SSSR count). The molecule has 1 aromatic rings. The molecule has 0 bridgehead atoms. The second kappa shape index (κ2) is 12.6. The first-order valence-electron chi connectivity index (χ1n) is 10.7. The molecule has 1 aromatic carbocycles. The summed E-state index contributed by atoms with van der Waals surface area (Å²) in [6.45, 7) is 15.1. The minimum atomic E-state index is 0.280. The van der Waals surface area contributed by atoms with E-state index < -0.39 is 0 Å². The Bertz CT molecular complexity index is 586. The van der Waals surface area contributed by atoms with Gasteiger partial charge in [0.1, 0.15) is 0 Å². The number of nitrogens with one attached hydrogen (secondary N) is 2. The number of anilines is 1. The van der Waals surface area contributed by atoms with Crippen molar-refractivity contribution in [3.05, 3.63) is 29.8 Å². The number of morpholine rings is 1. The standard InChI is InChI=1S/C22H38N4O2/c1-5-23-22(24-12-11-21(18(3)4)28-6-2)25-17-19-9-7-8-10-20(19)26-13-15-27-16-14-26/h7-10,18,21H,5-6,11-17H2,1-4H3,(H2,23,24,25). The van der Waals surface area contributed by atoms with Crippen molar-refractivity contribution in [3.63, 3.8) is 0 Å². The van der Waals surface area contributed by atoms with Gasteiger partial charge in [-0.05, 0) is 37.8 Å². The number of hydrogen-bond donors (Lipinski definition) is 2. The van der Waals surface area contributed by atoms with Gasteiger partial charge in [-0.15, -0.1) is 0 Å². The number of benzene rings is 1. The first kappa shape index (κ1) is 22.5.